The highest BCUT2D eigenvalue weighted by atomic mass is 19.3. The first-order valence-corrected chi connectivity index (χ1v) is 7.99. The zero-order chi connectivity index (χ0) is 16.7. The predicted octanol–water partition coefficient (Wildman–Crippen LogP) is 4.91. The lowest BCUT2D eigenvalue weighted by molar-refractivity contribution is -0.0499. The number of benzene rings is 1. The Kier molecular flexibility index (Phi) is 3.98. The molecule has 2 aliphatic carbocycles. The van der Waals surface area contributed by atoms with E-state index in [9.17, 15) is 8.78 Å². The molecular weight excluding hydrogens is 298 g/mol. The fourth-order valence-electron chi connectivity index (χ4n) is 4.03. The zero-order valence-corrected chi connectivity index (χ0v) is 13.7. The van der Waals surface area contributed by atoms with Crippen LogP contribution in [0.2, 0.25) is 0 Å². The highest BCUT2D eigenvalue weighted by Gasteiger charge is 2.59. The second-order valence-corrected chi connectivity index (χ2v) is 7.20. The fourth-order valence-corrected chi connectivity index (χ4v) is 4.03. The summed E-state index contributed by atoms with van der Waals surface area (Å²) in [6.07, 6.45) is 4.87. The van der Waals surface area contributed by atoms with Crippen molar-refractivity contribution in [3.63, 3.8) is 0 Å². The molecule has 23 heavy (non-hydrogen) atoms. The van der Waals surface area contributed by atoms with Crippen LogP contribution in [0.5, 0.6) is 5.75 Å². The summed E-state index contributed by atoms with van der Waals surface area (Å²) >= 11 is 0. The summed E-state index contributed by atoms with van der Waals surface area (Å²) in [5.41, 5.74) is 1.97. The highest BCUT2D eigenvalue weighted by molar-refractivity contribution is 5.95. The molecule has 0 aromatic heterocycles. The third-order valence-electron chi connectivity index (χ3n) is 6.02. The summed E-state index contributed by atoms with van der Waals surface area (Å²) in [5, 5.41) is 8.59. The Morgan fingerprint density at radius 3 is 2.61 bits per heavy atom. The molecule has 2 bridgehead atoms. The van der Waals surface area contributed by atoms with Gasteiger partial charge in [0.2, 0.25) is 0 Å². The van der Waals surface area contributed by atoms with Gasteiger partial charge in [-0.3, -0.25) is 0 Å². The van der Waals surface area contributed by atoms with Crippen LogP contribution in [0.15, 0.2) is 34.5 Å². The minimum absolute atomic E-state index is 0.0913. The molecule has 2 saturated carbocycles. The number of hydrogen-bond acceptors (Lipinski definition) is 3. The fraction of sp³-hybridized carbons (Fsp3) is 0.556. The van der Waals surface area contributed by atoms with Gasteiger partial charge in [-0.2, -0.15) is 19.0 Å². The second-order valence-electron chi connectivity index (χ2n) is 7.20. The smallest absolute Gasteiger partial charge is 0.387 e. The van der Waals surface area contributed by atoms with E-state index in [2.05, 4.69) is 35.7 Å². The van der Waals surface area contributed by atoms with Crippen molar-refractivity contribution < 1.29 is 13.5 Å². The van der Waals surface area contributed by atoms with E-state index in [0.29, 0.717) is 11.5 Å². The Balaban J connectivity index is 1.80. The van der Waals surface area contributed by atoms with E-state index in [1.807, 2.05) is 0 Å². The first-order valence-electron chi connectivity index (χ1n) is 7.99. The van der Waals surface area contributed by atoms with Crippen LogP contribution in [-0.2, 0) is 0 Å². The van der Waals surface area contributed by atoms with Gasteiger partial charge in [-0.05, 0) is 42.7 Å². The van der Waals surface area contributed by atoms with Crippen molar-refractivity contribution in [2.24, 2.45) is 27.0 Å². The van der Waals surface area contributed by atoms with Crippen molar-refractivity contribution in [3.8, 4) is 5.75 Å². The van der Waals surface area contributed by atoms with E-state index < -0.39 is 6.61 Å². The van der Waals surface area contributed by atoms with Gasteiger partial charge in [0.25, 0.3) is 0 Å². The first kappa shape index (κ1) is 16.1. The van der Waals surface area contributed by atoms with Crippen LogP contribution in [0.4, 0.5) is 8.78 Å². The van der Waals surface area contributed by atoms with Crippen molar-refractivity contribution in [2.45, 2.75) is 46.6 Å². The van der Waals surface area contributed by atoms with Crippen molar-refractivity contribution in [1.29, 1.82) is 0 Å². The number of fused-ring (bicyclic) bond motifs is 2. The Morgan fingerprint density at radius 2 is 2.00 bits per heavy atom. The molecule has 0 heterocycles. The molecule has 0 saturated heterocycles. The van der Waals surface area contributed by atoms with Gasteiger partial charge in [-0.25, -0.2) is 0 Å². The van der Waals surface area contributed by atoms with Gasteiger partial charge in [-0.15, -0.1) is 0 Å². The van der Waals surface area contributed by atoms with E-state index in [1.54, 1.807) is 18.2 Å². The number of ether oxygens (including phenoxy) is 1. The molecule has 2 aliphatic rings. The maximum absolute atomic E-state index is 12.4. The molecule has 1 aromatic carbocycles. The Morgan fingerprint density at radius 1 is 1.26 bits per heavy atom. The third kappa shape index (κ3) is 2.66. The van der Waals surface area contributed by atoms with Crippen molar-refractivity contribution in [2.75, 3.05) is 0 Å². The van der Waals surface area contributed by atoms with E-state index >= 15 is 0 Å². The lowest BCUT2D eigenvalue weighted by atomic mass is 9.70. The lowest BCUT2D eigenvalue weighted by Gasteiger charge is -2.34. The van der Waals surface area contributed by atoms with E-state index in [4.69, 9.17) is 0 Å². The van der Waals surface area contributed by atoms with Gasteiger partial charge in [0.1, 0.15) is 5.75 Å². The molecule has 2 atom stereocenters. The van der Waals surface area contributed by atoms with E-state index in [1.165, 1.54) is 18.7 Å². The molecule has 0 aliphatic heterocycles. The van der Waals surface area contributed by atoms with Gasteiger partial charge in [0, 0.05) is 16.7 Å². The molecule has 0 radical (unpaired) electrons. The maximum Gasteiger partial charge on any atom is 0.387 e. The molecule has 2 fully saturated rings. The largest absolute Gasteiger partial charge is 0.434 e. The van der Waals surface area contributed by atoms with Crippen LogP contribution in [-0.4, -0.2) is 18.5 Å². The Hall–Kier alpha value is -1.78. The van der Waals surface area contributed by atoms with Crippen LogP contribution in [0.3, 0.4) is 0 Å². The van der Waals surface area contributed by atoms with Crippen LogP contribution >= 0.6 is 0 Å². The van der Waals surface area contributed by atoms with Crippen molar-refractivity contribution in [1.82, 2.24) is 0 Å². The maximum atomic E-state index is 12.4. The molecular formula is C18H22F2N2O. The number of hydrogen-bond donors (Lipinski definition) is 0. The minimum atomic E-state index is -2.85. The predicted molar refractivity (Wildman–Crippen MR) is 87.3 cm³/mol. The normalized spacial score (nSPS) is 30.7. The minimum Gasteiger partial charge on any atom is -0.434 e. The third-order valence-corrected chi connectivity index (χ3v) is 6.02. The highest BCUT2D eigenvalue weighted by Crippen LogP contribution is 2.63. The number of alkyl halides is 2. The average molecular weight is 320 g/mol. The average Bonchev–Trinajstić information content (AvgIpc) is 2.82. The number of nitrogens with zero attached hydrogens (tertiary/aromatic N) is 2. The summed E-state index contributed by atoms with van der Waals surface area (Å²) in [4.78, 5) is 0. The molecule has 0 unspecified atom stereocenters. The Bertz CT molecular complexity index is 654. The van der Waals surface area contributed by atoms with Crippen LogP contribution in [0.25, 0.3) is 0 Å². The summed E-state index contributed by atoms with van der Waals surface area (Å²) in [6, 6.07) is 6.60. The van der Waals surface area contributed by atoms with E-state index in [-0.39, 0.29) is 16.6 Å². The molecule has 124 valence electrons. The quantitative estimate of drug-likeness (QED) is 0.573. The monoisotopic (exact) mass is 320 g/mol. The van der Waals surface area contributed by atoms with Gasteiger partial charge in [0.15, 0.2) is 0 Å². The van der Waals surface area contributed by atoms with Crippen LogP contribution in [0, 0.1) is 16.7 Å². The zero-order valence-electron chi connectivity index (χ0n) is 13.7. The second kappa shape index (κ2) is 5.69. The molecule has 3 nitrogen and oxygen atoms in total. The molecule has 0 N–H and O–H groups in total. The first-order chi connectivity index (χ1) is 10.8. The van der Waals surface area contributed by atoms with Gasteiger partial charge >= 0.3 is 6.61 Å². The topological polar surface area (TPSA) is 34.0 Å². The number of halogens is 2. The van der Waals surface area contributed by atoms with Gasteiger partial charge in [-0.1, -0.05) is 32.9 Å². The number of para-hydroxylation sites is 1. The van der Waals surface area contributed by atoms with E-state index in [0.717, 1.165) is 18.6 Å². The molecule has 5 heteroatoms. The lowest BCUT2D eigenvalue weighted by Crippen LogP contribution is -2.32. The number of rotatable bonds is 4. The molecule has 0 amide bonds. The summed E-state index contributed by atoms with van der Waals surface area (Å²) in [5.74, 6) is 0.779. The van der Waals surface area contributed by atoms with Crippen molar-refractivity contribution >= 4 is 11.9 Å². The standard InChI is InChI=1S/C18H22F2N2O/c1-17(2)13-8-9-18(17,3)15(10-13)22-21-11-12-6-4-5-7-14(12)23-16(19)20/h4-7,11,13,16H,8-10H2,1-3H3/b21-11-,22-15+/t13-,18-/m0/s1. The van der Waals surface area contributed by atoms with Crippen LogP contribution < -0.4 is 4.74 Å². The molecule has 0 spiro atoms. The molecule has 3 rings (SSSR count). The summed E-state index contributed by atoms with van der Waals surface area (Å²) in [7, 11) is 0. The van der Waals surface area contributed by atoms with Gasteiger partial charge < -0.3 is 4.74 Å². The summed E-state index contributed by atoms with van der Waals surface area (Å²) < 4.78 is 29.3. The SMILES string of the molecule is CC1(C)[C@H]2CC[C@@]1(C)/C(=N/N=C\c1ccccc1OC(F)F)C2. The Labute approximate surface area is 135 Å². The molecule has 1 aromatic rings. The van der Waals surface area contributed by atoms with Crippen LogP contribution in [0.1, 0.15) is 45.6 Å². The van der Waals surface area contributed by atoms with Crippen molar-refractivity contribution in [3.05, 3.63) is 29.8 Å². The summed E-state index contributed by atoms with van der Waals surface area (Å²) in [6.45, 7) is 4.04. The van der Waals surface area contributed by atoms with Gasteiger partial charge in [0.05, 0.1) is 6.21 Å².